The lowest BCUT2D eigenvalue weighted by atomic mass is 10.00. The van der Waals surface area contributed by atoms with Gasteiger partial charge in [0.25, 0.3) is 0 Å². The van der Waals surface area contributed by atoms with Gasteiger partial charge in [-0.25, -0.2) is 4.79 Å². The van der Waals surface area contributed by atoms with Gasteiger partial charge in [-0.15, -0.1) is 0 Å². The van der Waals surface area contributed by atoms with E-state index in [9.17, 15) is 13.6 Å². The van der Waals surface area contributed by atoms with E-state index in [1.807, 2.05) is 32.9 Å². The van der Waals surface area contributed by atoms with Crippen molar-refractivity contribution in [3.8, 4) is 5.75 Å². The number of benzene rings is 2. The number of hydrogen-bond donors (Lipinski definition) is 0. The first-order valence-electron chi connectivity index (χ1n) is 10.2. The summed E-state index contributed by atoms with van der Waals surface area (Å²) in [5, 5.41) is 0. The number of nitrogens with zero attached hydrogens (tertiary/aromatic N) is 2. The van der Waals surface area contributed by atoms with Crippen molar-refractivity contribution in [2.24, 2.45) is 0 Å². The van der Waals surface area contributed by atoms with E-state index in [4.69, 9.17) is 4.74 Å². The van der Waals surface area contributed by atoms with Crippen LogP contribution in [0.25, 0.3) is 0 Å². The Morgan fingerprint density at radius 2 is 1.83 bits per heavy atom. The van der Waals surface area contributed by atoms with Gasteiger partial charge in [-0.05, 0) is 68.1 Å². The number of carbonyl (C=O) groups excluding carboxylic acids is 1. The zero-order valence-corrected chi connectivity index (χ0v) is 17.8. The van der Waals surface area contributed by atoms with E-state index in [0.29, 0.717) is 19.7 Å². The topological polar surface area (TPSA) is 42.0 Å². The quantitative estimate of drug-likeness (QED) is 0.606. The number of amides is 1. The summed E-state index contributed by atoms with van der Waals surface area (Å²) in [6.45, 7) is 6.48. The second kappa shape index (κ2) is 9.32. The number of halogens is 2. The molecule has 0 N–H and O–H groups in total. The van der Waals surface area contributed by atoms with Crippen LogP contribution in [-0.4, -0.2) is 31.9 Å². The van der Waals surface area contributed by atoms with Crippen molar-refractivity contribution < 1.29 is 23.0 Å². The van der Waals surface area contributed by atoms with Crippen molar-refractivity contribution in [2.75, 3.05) is 23.0 Å². The van der Waals surface area contributed by atoms with Crippen molar-refractivity contribution in [2.45, 2.75) is 53.3 Å². The lowest BCUT2D eigenvalue weighted by molar-refractivity contribution is -0.0498. The van der Waals surface area contributed by atoms with Gasteiger partial charge in [0.05, 0.1) is 24.0 Å². The minimum Gasteiger partial charge on any atom is -0.449 e. The Morgan fingerprint density at radius 3 is 2.47 bits per heavy atom. The van der Waals surface area contributed by atoms with Crippen LogP contribution < -0.4 is 14.5 Å². The average Bonchev–Trinajstić information content (AvgIpc) is 2.69. The SMILES string of the molecule is CCOC(=O)N1c2cc(C)c(C)cc2N(Cc2cccc(OC(F)F)c2)CC1CC. The predicted molar refractivity (Wildman–Crippen MR) is 114 cm³/mol. The van der Waals surface area contributed by atoms with Crippen LogP contribution in [0.5, 0.6) is 5.75 Å². The molecule has 30 heavy (non-hydrogen) atoms. The van der Waals surface area contributed by atoms with Gasteiger partial charge in [0.1, 0.15) is 5.75 Å². The Morgan fingerprint density at radius 1 is 1.13 bits per heavy atom. The third-order valence-electron chi connectivity index (χ3n) is 5.42. The molecule has 162 valence electrons. The number of rotatable bonds is 6. The van der Waals surface area contributed by atoms with Crippen LogP contribution in [0.3, 0.4) is 0 Å². The second-order valence-electron chi connectivity index (χ2n) is 7.46. The van der Waals surface area contributed by atoms with Gasteiger partial charge in [0.15, 0.2) is 0 Å². The number of hydrogen-bond acceptors (Lipinski definition) is 4. The molecule has 2 aromatic carbocycles. The monoisotopic (exact) mass is 418 g/mol. The van der Waals surface area contributed by atoms with E-state index < -0.39 is 6.61 Å². The molecule has 0 aromatic heterocycles. The maximum Gasteiger partial charge on any atom is 0.414 e. The molecule has 0 fully saturated rings. The highest BCUT2D eigenvalue weighted by Crippen LogP contribution is 2.39. The summed E-state index contributed by atoms with van der Waals surface area (Å²) in [5.74, 6) is 0.139. The molecule has 5 nitrogen and oxygen atoms in total. The molecule has 1 aliphatic rings. The Balaban J connectivity index is 1.99. The van der Waals surface area contributed by atoms with Crippen LogP contribution in [0, 0.1) is 13.8 Å². The first kappa shape index (κ1) is 21.9. The van der Waals surface area contributed by atoms with Gasteiger partial charge in [-0.1, -0.05) is 19.1 Å². The molecular formula is C23H28F2N2O3. The maximum absolute atomic E-state index is 12.7. The average molecular weight is 418 g/mol. The molecular weight excluding hydrogens is 390 g/mol. The number of ether oxygens (including phenoxy) is 2. The van der Waals surface area contributed by atoms with Crippen molar-refractivity contribution in [1.29, 1.82) is 0 Å². The van der Waals surface area contributed by atoms with E-state index in [0.717, 1.165) is 34.5 Å². The summed E-state index contributed by atoms with van der Waals surface area (Å²) in [7, 11) is 0. The molecule has 2 aromatic rings. The van der Waals surface area contributed by atoms with Gasteiger partial charge < -0.3 is 14.4 Å². The van der Waals surface area contributed by atoms with Gasteiger partial charge >= 0.3 is 12.7 Å². The smallest absolute Gasteiger partial charge is 0.414 e. The molecule has 3 rings (SSSR count). The normalized spacial score (nSPS) is 15.9. The number of aryl methyl sites for hydroxylation is 2. The Hall–Kier alpha value is -2.83. The number of alkyl halides is 2. The maximum atomic E-state index is 12.7. The fourth-order valence-corrected chi connectivity index (χ4v) is 3.81. The fraction of sp³-hybridized carbons (Fsp3) is 0.435. The lowest BCUT2D eigenvalue weighted by Gasteiger charge is -2.43. The molecule has 1 amide bonds. The van der Waals surface area contributed by atoms with Crippen LogP contribution in [0.1, 0.15) is 37.0 Å². The first-order chi connectivity index (χ1) is 14.3. The minimum absolute atomic E-state index is 0.0563. The molecule has 0 saturated heterocycles. The van der Waals surface area contributed by atoms with Crippen LogP contribution in [0.4, 0.5) is 25.0 Å². The van der Waals surface area contributed by atoms with Crippen LogP contribution >= 0.6 is 0 Å². The van der Waals surface area contributed by atoms with Gasteiger partial charge in [0, 0.05) is 13.1 Å². The van der Waals surface area contributed by atoms with E-state index >= 15 is 0 Å². The van der Waals surface area contributed by atoms with Gasteiger partial charge in [-0.2, -0.15) is 8.78 Å². The molecule has 0 radical (unpaired) electrons. The molecule has 0 saturated carbocycles. The zero-order valence-electron chi connectivity index (χ0n) is 17.8. The molecule has 1 atom stereocenters. The minimum atomic E-state index is -2.86. The van der Waals surface area contributed by atoms with Crippen molar-refractivity contribution >= 4 is 17.5 Å². The van der Waals surface area contributed by atoms with Crippen molar-refractivity contribution in [3.63, 3.8) is 0 Å². The third-order valence-corrected chi connectivity index (χ3v) is 5.42. The highest BCUT2D eigenvalue weighted by molar-refractivity contribution is 5.95. The number of anilines is 2. The Labute approximate surface area is 176 Å². The summed E-state index contributed by atoms with van der Waals surface area (Å²) in [4.78, 5) is 16.7. The van der Waals surface area contributed by atoms with Gasteiger partial charge in [-0.3, -0.25) is 4.90 Å². The largest absolute Gasteiger partial charge is 0.449 e. The number of carbonyl (C=O) groups is 1. The molecule has 1 heterocycles. The predicted octanol–water partition coefficient (Wildman–Crippen LogP) is 5.67. The van der Waals surface area contributed by atoms with Crippen LogP contribution in [0.15, 0.2) is 36.4 Å². The van der Waals surface area contributed by atoms with Crippen molar-refractivity contribution in [1.82, 2.24) is 0 Å². The molecule has 7 heteroatoms. The summed E-state index contributed by atoms with van der Waals surface area (Å²) in [6, 6.07) is 10.8. The van der Waals surface area contributed by atoms with Crippen LogP contribution in [-0.2, 0) is 11.3 Å². The molecule has 0 spiro atoms. The molecule has 0 bridgehead atoms. The van der Waals surface area contributed by atoms with Gasteiger partial charge in [0.2, 0.25) is 0 Å². The van der Waals surface area contributed by atoms with Crippen molar-refractivity contribution in [3.05, 3.63) is 53.1 Å². The fourth-order valence-electron chi connectivity index (χ4n) is 3.81. The summed E-state index contributed by atoms with van der Waals surface area (Å²) in [5.41, 5.74) is 4.81. The summed E-state index contributed by atoms with van der Waals surface area (Å²) < 4.78 is 35.0. The summed E-state index contributed by atoms with van der Waals surface area (Å²) >= 11 is 0. The van der Waals surface area contributed by atoms with Crippen LogP contribution in [0.2, 0.25) is 0 Å². The Kier molecular flexibility index (Phi) is 6.80. The Bertz CT molecular complexity index is 904. The van der Waals surface area contributed by atoms with E-state index in [-0.39, 0.29) is 17.9 Å². The molecule has 0 aliphatic carbocycles. The highest BCUT2D eigenvalue weighted by atomic mass is 19.3. The molecule has 1 aliphatic heterocycles. The standard InChI is InChI=1S/C23H28F2N2O3/c1-5-18-14-26(13-17-8-7-9-19(12-17)30-22(24)25)20-10-15(3)16(4)11-21(20)27(18)23(28)29-6-2/h7-12,18,22H,5-6,13-14H2,1-4H3. The van der Waals surface area contributed by atoms with E-state index in [1.54, 1.807) is 24.0 Å². The summed E-state index contributed by atoms with van der Waals surface area (Å²) in [6.07, 6.45) is 0.414. The lowest BCUT2D eigenvalue weighted by Crippen LogP contribution is -2.51. The third kappa shape index (κ3) is 4.66. The van der Waals surface area contributed by atoms with E-state index in [1.165, 1.54) is 6.07 Å². The molecule has 1 unspecified atom stereocenters. The first-order valence-corrected chi connectivity index (χ1v) is 10.2. The highest BCUT2D eigenvalue weighted by Gasteiger charge is 2.35. The zero-order chi connectivity index (χ0) is 21.8. The van der Waals surface area contributed by atoms with E-state index in [2.05, 4.69) is 15.7 Å². The number of fused-ring (bicyclic) bond motifs is 1. The second-order valence-corrected chi connectivity index (χ2v) is 7.46.